The number of allylic oxidation sites excluding steroid dienone is 1. The van der Waals surface area contributed by atoms with Gasteiger partial charge in [0, 0.05) is 11.7 Å². The van der Waals surface area contributed by atoms with Crippen LogP contribution in [0.1, 0.15) is 26.7 Å². The highest BCUT2D eigenvalue weighted by atomic mass is 32.2. The lowest BCUT2D eigenvalue weighted by Gasteiger charge is -2.35. The monoisotopic (exact) mass is 197 g/mol. The first-order valence-corrected chi connectivity index (χ1v) is 5.53. The van der Waals surface area contributed by atoms with Gasteiger partial charge < -0.3 is 5.73 Å². The van der Waals surface area contributed by atoms with Crippen LogP contribution in [0.2, 0.25) is 0 Å². The van der Waals surface area contributed by atoms with E-state index < -0.39 is 0 Å². The second-order valence-electron chi connectivity index (χ2n) is 4.76. The van der Waals surface area contributed by atoms with Crippen LogP contribution in [-0.4, -0.2) is 11.0 Å². The second-order valence-corrected chi connectivity index (χ2v) is 6.08. The zero-order valence-electron chi connectivity index (χ0n) is 8.04. The van der Waals surface area contributed by atoms with Gasteiger partial charge in [0.15, 0.2) is 0 Å². The highest BCUT2D eigenvalue weighted by Crippen LogP contribution is 2.47. The summed E-state index contributed by atoms with van der Waals surface area (Å²) in [5.74, 6) is 0.479. The van der Waals surface area contributed by atoms with E-state index in [0.717, 1.165) is 11.4 Å². The molecule has 0 saturated heterocycles. The van der Waals surface area contributed by atoms with Gasteiger partial charge in [0.25, 0.3) is 0 Å². The molecule has 0 spiro atoms. The van der Waals surface area contributed by atoms with E-state index in [9.17, 15) is 4.79 Å². The molecule has 1 aliphatic heterocycles. The summed E-state index contributed by atoms with van der Waals surface area (Å²) in [6.07, 6.45) is 3.75. The molecule has 0 aromatic rings. The Kier molecular flexibility index (Phi) is 1.95. The maximum atomic E-state index is 11.7. The van der Waals surface area contributed by atoms with Gasteiger partial charge in [-0.2, -0.15) is 0 Å². The molecule has 13 heavy (non-hydrogen) atoms. The zero-order valence-corrected chi connectivity index (χ0v) is 8.86. The first-order chi connectivity index (χ1) is 5.98. The second kappa shape index (κ2) is 2.77. The molecule has 1 fully saturated rings. The summed E-state index contributed by atoms with van der Waals surface area (Å²) < 4.78 is 0. The summed E-state index contributed by atoms with van der Waals surface area (Å²) in [6, 6.07) is 0. The Morgan fingerprint density at radius 1 is 1.62 bits per heavy atom. The van der Waals surface area contributed by atoms with E-state index in [1.54, 1.807) is 11.8 Å². The fourth-order valence-electron chi connectivity index (χ4n) is 2.25. The minimum absolute atomic E-state index is 0.109. The lowest BCUT2D eigenvalue weighted by molar-refractivity contribution is -0.125. The number of ketones is 1. The minimum Gasteiger partial charge on any atom is -0.394 e. The number of carbonyl (C=O) groups excluding carboxylic acids is 1. The molecule has 2 aliphatic rings. The highest BCUT2D eigenvalue weighted by Gasteiger charge is 2.42. The van der Waals surface area contributed by atoms with Crippen molar-refractivity contribution in [2.24, 2.45) is 17.1 Å². The third kappa shape index (κ3) is 1.62. The van der Waals surface area contributed by atoms with Gasteiger partial charge in [-0.05, 0) is 17.9 Å². The molecule has 0 radical (unpaired) electrons. The first-order valence-electron chi connectivity index (χ1n) is 4.65. The molecule has 72 valence electrons. The predicted octanol–water partition coefficient (Wildman–Crippen LogP) is 1.91. The molecule has 2 nitrogen and oxygen atoms in total. The quantitative estimate of drug-likeness (QED) is 0.645. The average Bonchev–Trinajstić information content (AvgIpc) is 2.27. The summed E-state index contributed by atoms with van der Waals surface area (Å²) in [4.78, 5) is 11.7. The molecule has 2 N–H and O–H groups in total. The molecule has 0 aromatic heterocycles. The van der Waals surface area contributed by atoms with E-state index in [2.05, 4.69) is 13.8 Å². The van der Waals surface area contributed by atoms with Crippen LogP contribution in [0, 0.1) is 11.3 Å². The average molecular weight is 197 g/mol. The maximum Gasteiger partial charge on any atom is 0.141 e. The standard InChI is InChI=1S/C10H15NOS/c1-10(2)4-7(12)6-3-9(11)13-8(6)5-10/h3,6,8H,4-5,11H2,1-2H3. The van der Waals surface area contributed by atoms with Gasteiger partial charge in [0.05, 0.1) is 10.9 Å². The summed E-state index contributed by atoms with van der Waals surface area (Å²) in [7, 11) is 0. The largest absolute Gasteiger partial charge is 0.394 e. The SMILES string of the molecule is CC1(C)CC(=O)C2C=C(N)SC2C1. The highest BCUT2D eigenvalue weighted by molar-refractivity contribution is 8.03. The van der Waals surface area contributed by atoms with E-state index in [1.165, 1.54) is 0 Å². The third-order valence-electron chi connectivity index (χ3n) is 2.81. The molecule has 0 bridgehead atoms. The molecule has 2 rings (SSSR count). The first kappa shape index (κ1) is 9.13. The van der Waals surface area contributed by atoms with Crippen molar-refractivity contribution in [3.05, 3.63) is 11.1 Å². The van der Waals surface area contributed by atoms with E-state index in [4.69, 9.17) is 5.73 Å². The Morgan fingerprint density at radius 3 is 3.00 bits per heavy atom. The topological polar surface area (TPSA) is 43.1 Å². The number of carbonyl (C=O) groups is 1. The number of rotatable bonds is 0. The molecule has 1 heterocycles. The Labute approximate surface area is 82.9 Å². The molecule has 3 heteroatoms. The number of nitrogens with two attached hydrogens (primary N) is 1. The Hall–Kier alpha value is -0.440. The summed E-state index contributed by atoms with van der Waals surface area (Å²) in [5, 5.41) is 1.25. The maximum absolute atomic E-state index is 11.7. The Morgan fingerprint density at radius 2 is 2.31 bits per heavy atom. The minimum atomic E-state index is 0.109. The van der Waals surface area contributed by atoms with Crippen LogP contribution >= 0.6 is 11.8 Å². The van der Waals surface area contributed by atoms with Crippen LogP contribution < -0.4 is 5.73 Å². The van der Waals surface area contributed by atoms with Crippen LogP contribution in [0.4, 0.5) is 0 Å². The van der Waals surface area contributed by atoms with Crippen LogP contribution in [0.3, 0.4) is 0 Å². The molecular formula is C10H15NOS. The van der Waals surface area contributed by atoms with E-state index in [1.807, 2.05) is 6.08 Å². The van der Waals surface area contributed by atoms with Gasteiger partial charge >= 0.3 is 0 Å². The summed E-state index contributed by atoms with van der Waals surface area (Å²) in [6.45, 7) is 4.33. The van der Waals surface area contributed by atoms with E-state index in [0.29, 0.717) is 17.5 Å². The van der Waals surface area contributed by atoms with Gasteiger partial charge in [0.1, 0.15) is 5.78 Å². The van der Waals surface area contributed by atoms with Crippen molar-refractivity contribution in [1.82, 2.24) is 0 Å². The van der Waals surface area contributed by atoms with Crippen LogP contribution in [0.5, 0.6) is 0 Å². The fourth-order valence-corrected chi connectivity index (χ4v) is 3.73. The Bertz CT molecular complexity index is 283. The molecule has 1 saturated carbocycles. The molecule has 0 amide bonds. The van der Waals surface area contributed by atoms with Crippen molar-refractivity contribution in [1.29, 1.82) is 0 Å². The number of hydrogen-bond donors (Lipinski definition) is 1. The summed E-state index contributed by atoms with van der Waals surface area (Å²) >= 11 is 1.67. The Balaban J connectivity index is 2.21. The summed E-state index contributed by atoms with van der Waals surface area (Å²) in [5.41, 5.74) is 5.89. The lowest BCUT2D eigenvalue weighted by atomic mass is 9.72. The number of hydrogen-bond acceptors (Lipinski definition) is 3. The van der Waals surface area contributed by atoms with Crippen molar-refractivity contribution in [3.63, 3.8) is 0 Å². The van der Waals surface area contributed by atoms with Gasteiger partial charge in [0.2, 0.25) is 0 Å². The third-order valence-corrected chi connectivity index (χ3v) is 3.98. The molecule has 1 aliphatic carbocycles. The molecule has 2 atom stereocenters. The van der Waals surface area contributed by atoms with Gasteiger partial charge in [-0.25, -0.2) is 0 Å². The molecular weight excluding hydrogens is 182 g/mol. The van der Waals surface area contributed by atoms with Crippen molar-refractivity contribution in [2.45, 2.75) is 31.9 Å². The van der Waals surface area contributed by atoms with Crippen LogP contribution in [0.25, 0.3) is 0 Å². The number of thioether (sulfide) groups is 1. The van der Waals surface area contributed by atoms with Gasteiger partial charge in [-0.1, -0.05) is 13.8 Å². The predicted molar refractivity (Wildman–Crippen MR) is 55.2 cm³/mol. The number of fused-ring (bicyclic) bond motifs is 1. The smallest absolute Gasteiger partial charge is 0.141 e. The van der Waals surface area contributed by atoms with Crippen molar-refractivity contribution in [3.8, 4) is 0 Å². The van der Waals surface area contributed by atoms with Gasteiger partial charge in [-0.3, -0.25) is 4.79 Å². The van der Waals surface area contributed by atoms with E-state index >= 15 is 0 Å². The molecule has 2 unspecified atom stereocenters. The molecule has 0 aromatic carbocycles. The van der Waals surface area contributed by atoms with Crippen LogP contribution in [-0.2, 0) is 4.79 Å². The van der Waals surface area contributed by atoms with Crippen LogP contribution in [0.15, 0.2) is 11.1 Å². The zero-order chi connectivity index (χ0) is 9.64. The fraction of sp³-hybridized carbons (Fsp3) is 0.700. The van der Waals surface area contributed by atoms with Crippen molar-refractivity contribution < 1.29 is 4.79 Å². The van der Waals surface area contributed by atoms with Crippen molar-refractivity contribution in [2.75, 3.05) is 0 Å². The van der Waals surface area contributed by atoms with Gasteiger partial charge in [-0.15, -0.1) is 11.8 Å². The van der Waals surface area contributed by atoms with E-state index in [-0.39, 0.29) is 11.3 Å². The normalized spacial score (nSPS) is 37.1. The number of Topliss-reactive ketones (excluding diaryl/α,β-unsaturated/α-hetero) is 1. The lowest BCUT2D eigenvalue weighted by Crippen LogP contribution is -2.36. The van der Waals surface area contributed by atoms with Crippen molar-refractivity contribution >= 4 is 17.5 Å².